The summed E-state index contributed by atoms with van der Waals surface area (Å²) in [5, 5.41) is 4.77. The second kappa shape index (κ2) is 4.23. The van der Waals surface area contributed by atoms with Gasteiger partial charge in [-0.2, -0.15) is 9.61 Å². The molecule has 0 atom stereocenters. The molecule has 8 heteroatoms. The van der Waals surface area contributed by atoms with Crippen LogP contribution in [0.2, 0.25) is 0 Å². The number of hydrogen-bond donors (Lipinski definition) is 0. The van der Waals surface area contributed by atoms with E-state index >= 15 is 0 Å². The molecule has 0 fully saturated rings. The van der Waals surface area contributed by atoms with E-state index in [2.05, 4.69) is 10.1 Å². The summed E-state index contributed by atoms with van der Waals surface area (Å²) >= 11 is 1.52. The highest BCUT2D eigenvalue weighted by molar-refractivity contribution is 8.13. The lowest BCUT2D eigenvalue weighted by molar-refractivity contribution is 0.600. The van der Waals surface area contributed by atoms with E-state index in [-0.39, 0.29) is 5.03 Å². The van der Waals surface area contributed by atoms with Gasteiger partial charge in [-0.1, -0.05) is 6.92 Å². The van der Waals surface area contributed by atoms with E-state index in [9.17, 15) is 8.42 Å². The van der Waals surface area contributed by atoms with Gasteiger partial charge in [0.05, 0.1) is 6.20 Å². The number of nitrogens with zero attached hydrogens (tertiary/aromatic N) is 3. The Bertz CT molecular complexity index is 623. The molecule has 0 amide bonds. The monoisotopic (exact) mass is 277 g/mol. The minimum Gasteiger partial charge on any atom is -0.234 e. The molecule has 0 radical (unpaired) electrons. The van der Waals surface area contributed by atoms with Gasteiger partial charge in [0.1, 0.15) is 5.03 Å². The van der Waals surface area contributed by atoms with Crippen LogP contribution in [-0.2, 0) is 9.05 Å². The van der Waals surface area contributed by atoms with Crippen LogP contribution in [0, 0.1) is 0 Å². The quantitative estimate of drug-likeness (QED) is 0.632. The van der Waals surface area contributed by atoms with E-state index < -0.39 is 9.05 Å². The fraction of sp³-hybridized carbons (Fsp3) is 0.250. The third-order valence-corrected chi connectivity index (χ3v) is 3.90. The predicted octanol–water partition coefficient (Wildman–Crippen LogP) is 1.77. The zero-order valence-corrected chi connectivity index (χ0v) is 10.7. The fourth-order valence-corrected chi connectivity index (χ4v) is 2.66. The maximum absolute atomic E-state index is 11.2. The maximum atomic E-state index is 11.2. The Hall–Kier alpha value is -0.790. The van der Waals surface area contributed by atoms with E-state index in [1.807, 2.05) is 6.92 Å². The lowest BCUT2D eigenvalue weighted by atomic mass is 10.6. The van der Waals surface area contributed by atoms with Gasteiger partial charge in [0.15, 0.2) is 10.7 Å². The molecular weight excluding hydrogens is 270 g/mol. The molecule has 0 aliphatic rings. The third-order valence-electron chi connectivity index (χ3n) is 1.85. The number of halogens is 1. The first-order valence-corrected chi connectivity index (χ1v) is 7.74. The van der Waals surface area contributed by atoms with Crippen LogP contribution in [-0.4, -0.2) is 28.8 Å². The van der Waals surface area contributed by atoms with Crippen LogP contribution in [0.5, 0.6) is 0 Å². The second-order valence-electron chi connectivity index (χ2n) is 2.91. The topological polar surface area (TPSA) is 64.3 Å². The van der Waals surface area contributed by atoms with Gasteiger partial charge < -0.3 is 0 Å². The summed E-state index contributed by atoms with van der Waals surface area (Å²) in [5.74, 6) is 0.857. The smallest absolute Gasteiger partial charge is 0.234 e. The van der Waals surface area contributed by atoms with E-state index in [1.165, 1.54) is 22.5 Å². The summed E-state index contributed by atoms with van der Waals surface area (Å²) < 4.78 is 23.7. The van der Waals surface area contributed by atoms with Gasteiger partial charge in [-0.25, -0.2) is 13.4 Å². The van der Waals surface area contributed by atoms with Gasteiger partial charge in [0.25, 0.3) is 9.05 Å². The molecule has 16 heavy (non-hydrogen) atoms. The highest BCUT2D eigenvalue weighted by atomic mass is 35.7. The van der Waals surface area contributed by atoms with Crippen LogP contribution in [0.4, 0.5) is 0 Å². The first-order chi connectivity index (χ1) is 7.52. The van der Waals surface area contributed by atoms with Crippen LogP contribution in [0.15, 0.2) is 28.4 Å². The molecule has 2 aromatic rings. The Kier molecular flexibility index (Phi) is 3.09. The van der Waals surface area contributed by atoms with E-state index in [4.69, 9.17) is 10.7 Å². The van der Waals surface area contributed by atoms with Gasteiger partial charge in [-0.15, -0.1) is 11.8 Å². The number of fused-ring (bicyclic) bond motifs is 1. The van der Waals surface area contributed by atoms with Crippen molar-refractivity contribution in [3.8, 4) is 0 Å². The molecule has 0 unspecified atom stereocenters. The lowest BCUT2D eigenvalue weighted by Gasteiger charge is -2.00. The highest BCUT2D eigenvalue weighted by Crippen LogP contribution is 2.19. The van der Waals surface area contributed by atoms with Gasteiger partial charge in [-0.05, 0) is 17.9 Å². The van der Waals surface area contributed by atoms with E-state index in [0.29, 0.717) is 5.65 Å². The molecule has 2 heterocycles. The largest absolute Gasteiger partial charge is 0.280 e. The fourth-order valence-electron chi connectivity index (χ4n) is 1.23. The number of thioether (sulfide) groups is 1. The van der Waals surface area contributed by atoms with Gasteiger partial charge in [0.2, 0.25) is 0 Å². The van der Waals surface area contributed by atoms with E-state index in [0.717, 1.165) is 10.8 Å². The van der Waals surface area contributed by atoms with Crippen molar-refractivity contribution in [3.05, 3.63) is 18.3 Å². The average molecular weight is 278 g/mol. The molecule has 2 rings (SSSR count). The van der Waals surface area contributed by atoms with Crippen LogP contribution >= 0.6 is 22.4 Å². The zero-order valence-electron chi connectivity index (χ0n) is 8.29. The van der Waals surface area contributed by atoms with Crippen molar-refractivity contribution in [3.63, 3.8) is 0 Å². The Balaban J connectivity index is 2.65. The van der Waals surface area contributed by atoms with Crippen LogP contribution in [0.1, 0.15) is 6.92 Å². The summed E-state index contributed by atoms with van der Waals surface area (Å²) in [6.07, 6.45) is 1.20. The Labute approximate surface area is 101 Å². The molecule has 0 aliphatic carbocycles. The summed E-state index contributed by atoms with van der Waals surface area (Å²) in [6, 6.07) is 3.50. The molecule has 0 saturated carbocycles. The molecule has 5 nitrogen and oxygen atoms in total. The van der Waals surface area contributed by atoms with Crippen LogP contribution in [0.3, 0.4) is 0 Å². The van der Waals surface area contributed by atoms with Gasteiger partial charge in [0, 0.05) is 10.7 Å². The van der Waals surface area contributed by atoms with Crippen molar-refractivity contribution in [1.82, 2.24) is 14.6 Å². The van der Waals surface area contributed by atoms with Gasteiger partial charge in [-0.3, -0.25) is 0 Å². The third kappa shape index (κ3) is 2.16. The standard InChI is InChI=1S/C8H8ClN3O2S2/c1-2-15-7-4-3-6-10-5-8(12(6)11-7)16(9,13)14/h3-5H,2H2,1H3. The zero-order chi connectivity index (χ0) is 11.8. The van der Waals surface area contributed by atoms with Crippen molar-refractivity contribution in [1.29, 1.82) is 0 Å². The molecule has 86 valence electrons. The molecule has 0 bridgehead atoms. The molecule has 0 aliphatic heterocycles. The van der Waals surface area contributed by atoms with Crippen molar-refractivity contribution in [2.45, 2.75) is 17.0 Å². The van der Waals surface area contributed by atoms with Crippen molar-refractivity contribution in [2.75, 3.05) is 5.75 Å². The number of hydrogen-bond acceptors (Lipinski definition) is 5. The molecule has 0 aromatic carbocycles. The molecule has 0 N–H and O–H groups in total. The van der Waals surface area contributed by atoms with Crippen molar-refractivity contribution >= 4 is 37.1 Å². The normalized spacial score (nSPS) is 12.1. The predicted molar refractivity (Wildman–Crippen MR) is 62.4 cm³/mol. The van der Waals surface area contributed by atoms with E-state index in [1.54, 1.807) is 12.1 Å². The molecule has 0 saturated heterocycles. The summed E-state index contributed by atoms with van der Waals surface area (Å²) in [6.45, 7) is 1.99. The second-order valence-corrected chi connectivity index (χ2v) is 6.71. The summed E-state index contributed by atoms with van der Waals surface area (Å²) in [5.41, 5.74) is 0.458. The summed E-state index contributed by atoms with van der Waals surface area (Å²) in [7, 11) is 1.46. The van der Waals surface area contributed by atoms with Crippen molar-refractivity contribution < 1.29 is 8.42 Å². The average Bonchev–Trinajstić information content (AvgIpc) is 2.60. The number of aromatic nitrogens is 3. The number of rotatable bonds is 3. The summed E-state index contributed by atoms with van der Waals surface area (Å²) in [4.78, 5) is 3.91. The van der Waals surface area contributed by atoms with Crippen LogP contribution < -0.4 is 0 Å². The first-order valence-electron chi connectivity index (χ1n) is 4.44. The Morgan fingerprint density at radius 2 is 2.25 bits per heavy atom. The Morgan fingerprint density at radius 1 is 1.50 bits per heavy atom. The van der Waals surface area contributed by atoms with Crippen LogP contribution in [0.25, 0.3) is 5.65 Å². The molecule has 2 aromatic heterocycles. The molecular formula is C8H8ClN3O2S2. The number of imidazole rings is 1. The van der Waals surface area contributed by atoms with Crippen molar-refractivity contribution in [2.24, 2.45) is 0 Å². The first kappa shape index (κ1) is 11.7. The minimum absolute atomic E-state index is 0.109. The lowest BCUT2D eigenvalue weighted by Crippen LogP contribution is -2.01. The Morgan fingerprint density at radius 3 is 2.88 bits per heavy atom. The minimum atomic E-state index is -3.82. The highest BCUT2D eigenvalue weighted by Gasteiger charge is 2.17. The van der Waals surface area contributed by atoms with Gasteiger partial charge >= 0.3 is 0 Å². The molecule has 0 spiro atoms. The maximum Gasteiger partial charge on any atom is 0.280 e. The SMILES string of the molecule is CCSc1ccc2ncc(S(=O)(=O)Cl)n2n1.